The third-order valence-corrected chi connectivity index (χ3v) is 3.84. The fourth-order valence-electron chi connectivity index (χ4n) is 2.16. The van der Waals surface area contributed by atoms with E-state index in [1.165, 1.54) is 0 Å². The molecule has 2 heterocycles. The zero-order valence-corrected chi connectivity index (χ0v) is 11.0. The van der Waals surface area contributed by atoms with Crippen LogP contribution in [0.25, 0.3) is 0 Å². The highest BCUT2D eigenvalue weighted by Crippen LogP contribution is 2.15. The maximum absolute atomic E-state index is 10.2. The third-order valence-electron chi connectivity index (χ3n) is 3.04. The Bertz CT molecular complexity index is 316. The van der Waals surface area contributed by atoms with E-state index in [0.717, 1.165) is 37.5 Å². The van der Waals surface area contributed by atoms with Gasteiger partial charge in [0.15, 0.2) is 0 Å². The van der Waals surface area contributed by atoms with Crippen LogP contribution < -0.4 is 0 Å². The third kappa shape index (κ3) is 3.74. The number of thiazole rings is 1. The summed E-state index contributed by atoms with van der Waals surface area (Å²) in [5, 5.41) is 10.2. The Labute approximate surface area is 106 Å². The smallest absolute Gasteiger partial charge is 0.0964 e. The van der Waals surface area contributed by atoms with Crippen molar-refractivity contribution in [2.45, 2.75) is 32.0 Å². The standard InChI is InChI=1S/C12H20N2O2S/c1-2-3-14-4-5-16-12(8-14)11(15)6-10-7-13-9-17-10/h7,9,11-12,15H,2-6,8H2,1H3. The number of morpholine rings is 1. The molecule has 2 unspecified atom stereocenters. The average molecular weight is 256 g/mol. The van der Waals surface area contributed by atoms with Crippen LogP contribution >= 0.6 is 11.3 Å². The van der Waals surface area contributed by atoms with Gasteiger partial charge in [-0.1, -0.05) is 6.92 Å². The largest absolute Gasteiger partial charge is 0.390 e. The van der Waals surface area contributed by atoms with Gasteiger partial charge in [0, 0.05) is 30.6 Å². The Kier molecular flexibility index (Phi) is 4.91. The number of aliphatic hydroxyl groups excluding tert-OH is 1. The Morgan fingerprint density at radius 2 is 2.59 bits per heavy atom. The molecule has 0 saturated carbocycles. The van der Waals surface area contributed by atoms with Gasteiger partial charge in [0.2, 0.25) is 0 Å². The van der Waals surface area contributed by atoms with Crippen LogP contribution in [0.3, 0.4) is 0 Å². The molecule has 1 saturated heterocycles. The number of ether oxygens (including phenoxy) is 1. The molecule has 1 fully saturated rings. The van der Waals surface area contributed by atoms with Crippen molar-refractivity contribution in [3.8, 4) is 0 Å². The Morgan fingerprint density at radius 1 is 1.71 bits per heavy atom. The molecule has 96 valence electrons. The minimum Gasteiger partial charge on any atom is -0.390 e. The molecule has 17 heavy (non-hydrogen) atoms. The van der Waals surface area contributed by atoms with Crippen LogP contribution in [0.15, 0.2) is 11.7 Å². The minimum absolute atomic E-state index is 0.0580. The van der Waals surface area contributed by atoms with Crippen molar-refractivity contribution in [3.05, 3.63) is 16.6 Å². The molecule has 1 N–H and O–H groups in total. The van der Waals surface area contributed by atoms with E-state index in [9.17, 15) is 5.11 Å². The maximum Gasteiger partial charge on any atom is 0.0964 e. The lowest BCUT2D eigenvalue weighted by atomic mass is 10.1. The van der Waals surface area contributed by atoms with Gasteiger partial charge in [-0.3, -0.25) is 9.88 Å². The number of nitrogens with zero attached hydrogens (tertiary/aromatic N) is 2. The Hall–Kier alpha value is -0.490. The SMILES string of the molecule is CCCN1CCOC(C(O)Cc2cncs2)C1. The molecule has 0 radical (unpaired) electrons. The summed E-state index contributed by atoms with van der Waals surface area (Å²) in [5.74, 6) is 0. The fourth-order valence-corrected chi connectivity index (χ4v) is 2.81. The molecule has 0 bridgehead atoms. The van der Waals surface area contributed by atoms with Gasteiger partial charge >= 0.3 is 0 Å². The first-order valence-corrected chi connectivity index (χ1v) is 7.07. The summed E-state index contributed by atoms with van der Waals surface area (Å²) < 4.78 is 5.66. The number of hydrogen-bond donors (Lipinski definition) is 1. The molecule has 4 nitrogen and oxygen atoms in total. The van der Waals surface area contributed by atoms with Gasteiger partial charge in [0.1, 0.15) is 0 Å². The Balaban J connectivity index is 1.84. The van der Waals surface area contributed by atoms with E-state index in [-0.39, 0.29) is 6.10 Å². The topological polar surface area (TPSA) is 45.6 Å². The minimum atomic E-state index is -0.421. The van der Waals surface area contributed by atoms with Gasteiger partial charge in [-0.05, 0) is 13.0 Å². The van der Waals surface area contributed by atoms with Gasteiger partial charge < -0.3 is 9.84 Å². The number of rotatable bonds is 5. The molecule has 0 aliphatic carbocycles. The second-order valence-corrected chi connectivity index (χ2v) is 5.42. The highest BCUT2D eigenvalue weighted by Gasteiger charge is 2.26. The molecule has 1 aromatic heterocycles. The van der Waals surface area contributed by atoms with Crippen molar-refractivity contribution in [3.63, 3.8) is 0 Å². The summed E-state index contributed by atoms with van der Waals surface area (Å²) in [6.45, 7) is 5.82. The summed E-state index contributed by atoms with van der Waals surface area (Å²) in [6.07, 6.45) is 3.14. The molecular weight excluding hydrogens is 236 g/mol. The first-order chi connectivity index (χ1) is 8.29. The zero-order chi connectivity index (χ0) is 12.1. The molecule has 5 heteroatoms. The van der Waals surface area contributed by atoms with Crippen LogP contribution in [0.1, 0.15) is 18.2 Å². The van der Waals surface area contributed by atoms with E-state index in [1.807, 2.05) is 6.20 Å². The number of aromatic nitrogens is 1. The van der Waals surface area contributed by atoms with Gasteiger partial charge in [0.25, 0.3) is 0 Å². The molecule has 0 spiro atoms. The molecule has 1 aromatic rings. The first-order valence-electron chi connectivity index (χ1n) is 6.19. The molecular formula is C12H20N2O2S. The molecule has 0 amide bonds. The van der Waals surface area contributed by atoms with E-state index in [0.29, 0.717) is 6.42 Å². The van der Waals surface area contributed by atoms with Gasteiger partial charge in [-0.2, -0.15) is 0 Å². The number of aliphatic hydroxyl groups is 1. The molecule has 2 rings (SSSR count). The second kappa shape index (κ2) is 6.44. The number of hydrogen-bond acceptors (Lipinski definition) is 5. The van der Waals surface area contributed by atoms with Crippen molar-refractivity contribution < 1.29 is 9.84 Å². The molecule has 2 atom stereocenters. The predicted octanol–water partition coefficient (Wildman–Crippen LogP) is 1.16. The Morgan fingerprint density at radius 3 is 3.29 bits per heavy atom. The summed E-state index contributed by atoms with van der Waals surface area (Å²) in [5.41, 5.74) is 1.80. The van der Waals surface area contributed by atoms with Crippen LogP contribution in [-0.2, 0) is 11.2 Å². The maximum atomic E-state index is 10.2. The summed E-state index contributed by atoms with van der Waals surface area (Å²) in [7, 11) is 0. The van der Waals surface area contributed by atoms with E-state index < -0.39 is 6.10 Å². The van der Waals surface area contributed by atoms with Gasteiger partial charge in [-0.25, -0.2) is 0 Å². The van der Waals surface area contributed by atoms with E-state index in [1.54, 1.807) is 16.8 Å². The average Bonchev–Trinajstić information content (AvgIpc) is 2.83. The quantitative estimate of drug-likeness (QED) is 0.858. The van der Waals surface area contributed by atoms with Crippen molar-refractivity contribution >= 4 is 11.3 Å². The molecule has 0 aromatic carbocycles. The second-order valence-electron chi connectivity index (χ2n) is 4.45. The zero-order valence-electron chi connectivity index (χ0n) is 10.2. The van der Waals surface area contributed by atoms with Crippen LogP contribution in [0.2, 0.25) is 0 Å². The van der Waals surface area contributed by atoms with Crippen LogP contribution in [0, 0.1) is 0 Å². The van der Waals surface area contributed by atoms with Crippen molar-refractivity contribution in [2.24, 2.45) is 0 Å². The first kappa shape index (κ1) is 13.0. The normalized spacial score (nSPS) is 23.8. The van der Waals surface area contributed by atoms with Crippen LogP contribution in [0.4, 0.5) is 0 Å². The summed E-state index contributed by atoms with van der Waals surface area (Å²) in [6, 6.07) is 0. The van der Waals surface area contributed by atoms with Crippen LogP contribution in [-0.4, -0.2) is 53.4 Å². The van der Waals surface area contributed by atoms with Crippen molar-refractivity contribution in [1.29, 1.82) is 0 Å². The predicted molar refractivity (Wildman–Crippen MR) is 68.3 cm³/mol. The van der Waals surface area contributed by atoms with E-state index in [4.69, 9.17) is 4.74 Å². The summed E-state index contributed by atoms with van der Waals surface area (Å²) >= 11 is 1.59. The molecule has 1 aliphatic heterocycles. The van der Waals surface area contributed by atoms with Crippen LogP contribution in [0.5, 0.6) is 0 Å². The van der Waals surface area contributed by atoms with Crippen molar-refractivity contribution in [2.75, 3.05) is 26.2 Å². The monoisotopic (exact) mass is 256 g/mol. The lowest BCUT2D eigenvalue weighted by Crippen LogP contribution is -2.48. The van der Waals surface area contributed by atoms with E-state index in [2.05, 4.69) is 16.8 Å². The van der Waals surface area contributed by atoms with Gasteiger partial charge in [-0.15, -0.1) is 11.3 Å². The fraction of sp³-hybridized carbons (Fsp3) is 0.750. The highest BCUT2D eigenvalue weighted by atomic mass is 32.1. The lowest BCUT2D eigenvalue weighted by molar-refractivity contribution is -0.0875. The molecule has 1 aliphatic rings. The van der Waals surface area contributed by atoms with Gasteiger partial charge in [0.05, 0.1) is 24.3 Å². The van der Waals surface area contributed by atoms with E-state index >= 15 is 0 Å². The lowest BCUT2D eigenvalue weighted by Gasteiger charge is -2.34. The highest BCUT2D eigenvalue weighted by molar-refractivity contribution is 7.09. The van der Waals surface area contributed by atoms with Crippen molar-refractivity contribution in [1.82, 2.24) is 9.88 Å². The summed E-state index contributed by atoms with van der Waals surface area (Å²) in [4.78, 5) is 7.51.